The van der Waals surface area contributed by atoms with E-state index >= 15 is 0 Å². The number of carbonyl (C=O) groups excluding carboxylic acids is 1. The number of nitrogens with zero attached hydrogens (tertiary/aromatic N) is 1. The number of rotatable bonds is 7. The summed E-state index contributed by atoms with van der Waals surface area (Å²) in [6.07, 6.45) is 0.221. The monoisotopic (exact) mass is 307 g/mol. The molecule has 1 rings (SSSR count). The number of esters is 1. The van der Waals surface area contributed by atoms with Gasteiger partial charge in [0.15, 0.2) is 0 Å². The number of benzene rings is 1. The van der Waals surface area contributed by atoms with Crippen molar-refractivity contribution in [3.8, 4) is 5.75 Å². The predicted molar refractivity (Wildman–Crippen MR) is 71.1 cm³/mol. The molecular formula is C13H16ClF2NO3. The highest BCUT2D eigenvalue weighted by Crippen LogP contribution is 2.25. The van der Waals surface area contributed by atoms with Crippen molar-refractivity contribution in [3.05, 3.63) is 28.8 Å². The maximum absolute atomic E-state index is 12.3. The van der Waals surface area contributed by atoms with Crippen molar-refractivity contribution in [3.63, 3.8) is 0 Å². The van der Waals surface area contributed by atoms with E-state index in [1.807, 2.05) is 0 Å². The number of carbonyl (C=O) groups is 1. The summed E-state index contributed by atoms with van der Waals surface area (Å²) in [6.45, 7) is -2.12. The van der Waals surface area contributed by atoms with Gasteiger partial charge in [0, 0.05) is 23.7 Å². The van der Waals surface area contributed by atoms with Gasteiger partial charge in [-0.25, -0.2) is 0 Å². The topological polar surface area (TPSA) is 38.8 Å². The van der Waals surface area contributed by atoms with Crippen LogP contribution in [-0.2, 0) is 16.1 Å². The largest absolute Gasteiger partial charge is 0.469 e. The molecule has 0 aliphatic rings. The number of halogens is 3. The van der Waals surface area contributed by atoms with Crippen molar-refractivity contribution in [2.75, 3.05) is 20.7 Å². The number of hydrogen-bond donors (Lipinski definition) is 0. The third-order valence-corrected chi connectivity index (χ3v) is 2.84. The Balaban J connectivity index is 2.69. The molecule has 20 heavy (non-hydrogen) atoms. The molecule has 0 radical (unpaired) electrons. The van der Waals surface area contributed by atoms with Crippen LogP contribution < -0.4 is 4.74 Å². The van der Waals surface area contributed by atoms with Crippen LogP contribution in [0.1, 0.15) is 12.0 Å². The molecular weight excluding hydrogens is 292 g/mol. The van der Waals surface area contributed by atoms with Crippen molar-refractivity contribution in [2.24, 2.45) is 0 Å². The van der Waals surface area contributed by atoms with E-state index in [1.54, 1.807) is 18.0 Å². The first-order valence-electron chi connectivity index (χ1n) is 5.91. The van der Waals surface area contributed by atoms with Gasteiger partial charge in [-0.05, 0) is 25.2 Å². The van der Waals surface area contributed by atoms with E-state index in [0.29, 0.717) is 23.7 Å². The second-order valence-electron chi connectivity index (χ2n) is 4.19. The molecule has 0 bridgehead atoms. The number of methoxy groups -OCH3 is 1. The second kappa shape index (κ2) is 8.01. The zero-order valence-corrected chi connectivity index (χ0v) is 12.0. The van der Waals surface area contributed by atoms with E-state index in [2.05, 4.69) is 9.47 Å². The molecule has 0 N–H and O–H groups in total. The Bertz CT molecular complexity index is 457. The highest BCUT2D eigenvalue weighted by molar-refractivity contribution is 6.30. The highest BCUT2D eigenvalue weighted by Gasteiger charge is 2.13. The van der Waals surface area contributed by atoms with E-state index in [0.717, 1.165) is 0 Å². The lowest BCUT2D eigenvalue weighted by atomic mass is 10.2. The Morgan fingerprint density at radius 2 is 2.15 bits per heavy atom. The van der Waals surface area contributed by atoms with Crippen LogP contribution in [0.25, 0.3) is 0 Å². The van der Waals surface area contributed by atoms with Crippen molar-refractivity contribution in [1.29, 1.82) is 0 Å². The lowest BCUT2D eigenvalue weighted by Gasteiger charge is -2.18. The summed E-state index contributed by atoms with van der Waals surface area (Å²) in [4.78, 5) is 12.8. The van der Waals surface area contributed by atoms with Crippen LogP contribution in [0.2, 0.25) is 5.02 Å². The first-order valence-corrected chi connectivity index (χ1v) is 6.28. The van der Waals surface area contributed by atoms with Crippen LogP contribution in [0.5, 0.6) is 5.75 Å². The fourth-order valence-electron chi connectivity index (χ4n) is 1.64. The van der Waals surface area contributed by atoms with Crippen LogP contribution in [-0.4, -0.2) is 38.2 Å². The molecule has 7 heteroatoms. The second-order valence-corrected chi connectivity index (χ2v) is 4.63. The SMILES string of the molecule is COC(=O)CCN(C)Cc1cc(Cl)ccc1OC(F)F. The average molecular weight is 308 g/mol. The molecule has 4 nitrogen and oxygen atoms in total. The Kier molecular flexibility index (Phi) is 6.67. The van der Waals surface area contributed by atoms with Crippen molar-refractivity contribution in [2.45, 2.75) is 19.6 Å². The summed E-state index contributed by atoms with van der Waals surface area (Å²) >= 11 is 5.85. The molecule has 0 aromatic heterocycles. The first kappa shape index (κ1) is 16.7. The standard InChI is InChI=1S/C13H16ClF2NO3/c1-17(6-5-12(18)19-2)8-9-7-10(14)3-4-11(9)20-13(15)16/h3-4,7,13H,5-6,8H2,1-2H3. The fraction of sp³-hybridized carbons (Fsp3) is 0.462. The quantitative estimate of drug-likeness (QED) is 0.726. The number of alkyl halides is 2. The minimum Gasteiger partial charge on any atom is -0.469 e. The first-order chi connectivity index (χ1) is 9.42. The summed E-state index contributed by atoms with van der Waals surface area (Å²) in [5, 5.41) is 0.433. The van der Waals surface area contributed by atoms with Crippen LogP contribution in [0.3, 0.4) is 0 Å². The highest BCUT2D eigenvalue weighted by atomic mass is 35.5. The van der Waals surface area contributed by atoms with Crippen molar-refractivity contribution < 1.29 is 23.0 Å². The lowest BCUT2D eigenvalue weighted by molar-refractivity contribution is -0.140. The molecule has 0 unspecified atom stereocenters. The van der Waals surface area contributed by atoms with E-state index in [1.165, 1.54) is 19.2 Å². The zero-order chi connectivity index (χ0) is 15.1. The van der Waals surface area contributed by atoms with Gasteiger partial charge in [0.2, 0.25) is 0 Å². The van der Waals surface area contributed by atoms with Crippen LogP contribution >= 0.6 is 11.6 Å². The molecule has 1 aromatic rings. The van der Waals surface area contributed by atoms with Gasteiger partial charge in [-0.15, -0.1) is 0 Å². The smallest absolute Gasteiger partial charge is 0.387 e. The molecule has 0 saturated heterocycles. The summed E-state index contributed by atoms with van der Waals surface area (Å²) in [5.74, 6) is -0.249. The van der Waals surface area contributed by atoms with Gasteiger partial charge < -0.3 is 14.4 Å². The van der Waals surface area contributed by atoms with Gasteiger partial charge in [0.1, 0.15) is 5.75 Å². The Labute approximate surface area is 121 Å². The maximum atomic E-state index is 12.3. The molecule has 1 aromatic carbocycles. The van der Waals surface area contributed by atoms with Crippen LogP contribution in [0, 0.1) is 0 Å². The minimum atomic E-state index is -2.89. The third-order valence-electron chi connectivity index (χ3n) is 2.60. The maximum Gasteiger partial charge on any atom is 0.387 e. The molecule has 0 heterocycles. The predicted octanol–water partition coefficient (Wildman–Crippen LogP) is 2.94. The lowest BCUT2D eigenvalue weighted by Crippen LogP contribution is -2.22. The van der Waals surface area contributed by atoms with Gasteiger partial charge in [-0.3, -0.25) is 4.79 Å². The number of hydrogen-bond acceptors (Lipinski definition) is 4. The van der Waals surface area contributed by atoms with Crippen molar-refractivity contribution >= 4 is 17.6 Å². The zero-order valence-electron chi connectivity index (χ0n) is 11.2. The summed E-state index contributed by atoms with van der Waals surface area (Å²) in [7, 11) is 3.07. The molecule has 0 saturated carbocycles. The molecule has 0 atom stereocenters. The van der Waals surface area contributed by atoms with Gasteiger partial charge in [-0.2, -0.15) is 8.78 Å². The van der Waals surface area contributed by atoms with E-state index < -0.39 is 6.61 Å². The molecule has 112 valence electrons. The van der Waals surface area contributed by atoms with Gasteiger partial charge in [0.25, 0.3) is 0 Å². The van der Waals surface area contributed by atoms with Crippen LogP contribution in [0.4, 0.5) is 8.78 Å². The van der Waals surface area contributed by atoms with Crippen LogP contribution in [0.15, 0.2) is 18.2 Å². The Morgan fingerprint density at radius 3 is 2.75 bits per heavy atom. The molecule has 0 aliphatic carbocycles. The number of ether oxygens (including phenoxy) is 2. The molecule has 0 aliphatic heterocycles. The van der Waals surface area contributed by atoms with Crippen molar-refractivity contribution in [1.82, 2.24) is 4.90 Å². The van der Waals surface area contributed by atoms with E-state index in [9.17, 15) is 13.6 Å². The summed E-state index contributed by atoms with van der Waals surface area (Å²) in [5.41, 5.74) is 0.533. The molecule has 0 amide bonds. The van der Waals surface area contributed by atoms with Gasteiger partial charge >= 0.3 is 12.6 Å². The summed E-state index contributed by atoms with van der Waals surface area (Å²) < 4.78 is 33.6. The minimum absolute atomic E-state index is 0.0781. The Morgan fingerprint density at radius 1 is 1.45 bits per heavy atom. The fourth-order valence-corrected chi connectivity index (χ4v) is 1.83. The average Bonchev–Trinajstić information content (AvgIpc) is 2.38. The molecule has 0 spiro atoms. The van der Waals surface area contributed by atoms with E-state index in [-0.39, 0.29) is 18.1 Å². The van der Waals surface area contributed by atoms with E-state index in [4.69, 9.17) is 11.6 Å². The normalized spacial score (nSPS) is 10.9. The third kappa shape index (κ3) is 5.71. The molecule has 0 fully saturated rings. The Hall–Kier alpha value is -1.40. The van der Waals surface area contributed by atoms with Gasteiger partial charge in [0.05, 0.1) is 13.5 Å². The summed E-state index contributed by atoms with van der Waals surface area (Å²) in [6, 6.07) is 4.45. The van der Waals surface area contributed by atoms with Gasteiger partial charge in [-0.1, -0.05) is 11.6 Å².